The number of esters is 4. The lowest BCUT2D eigenvalue weighted by Gasteiger charge is -2.21. The van der Waals surface area contributed by atoms with Crippen LogP contribution in [0.1, 0.15) is 370 Å². The van der Waals surface area contributed by atoms with Gasteiger partial charge < -0.3 is 33.8 Å². The molecule has 93 heavy (non-hydrogen) atoms. The molecule has 0 radical (unpaired) electrons. The van der Waals surface area contributed by atoms with Crippen molar-refractivity contribution in [3.63, 3.8) is 0 Å². The van der Waals surface area contributed by atoms with Crippen LogP contribution < -0.4 is 0 Å². The van der Waals surface area contributed by atoms with E-state index in [1.165, 1.54) is 167 Å². The molecule has 0 amide bonds. The van der Waals surface area contributed by atoms with Crippen LogP contribution in [-0.2, 0) is 65.4 Å². The van der Waals surface area contributed by atoms with Crippen LogP contribution >= 0.6 is 15.6 Å². The van der Waals surface area contributed by atoms with E-state index in [1.807, 2.05) is 0 Å². The molecular weight excluding hydrogens is 1220 g/mol. The van der Waals surface area contributed by atoms with Gasteiger partial charge in [-0.25, -0.2) is 9.13 Å². The summed E-state index contributed by atoms with van der Waals surface area (Å²) in [6.45, 7) is 14.1. The number of hydrogen-bond donors (Lipinski definition) is 3. The van der Waals surface area contributed by atoms with E-state index in [4.69, 9.17) is 37.0 Å². The van der Waals surface area contributed by atoms with Gasteiger partial charge in [0, 0.05) is 25.7 Å². The van der Waals surface area contributed by atoms with Gasteiger partial charge in [0.1, 0.15) is 19.3 Å². The molecule has 0 rings (SSSR count). The van der Waals surface area contributed by atoms with Gasteiger partial charge in [-0.05, 0) is 49.4 Å². The number of aliphatic hydroxyl groups excluding tert-OH is 1. The van der Waals surface area contributed by atoms with E-state index in [0.29, 0.717) is 31.6 Å². The average molecular weight is 1370 g/mol. The number of unbranched alkanes of at least 4 members (excludes halogenated alkanes) is 37. The summed E-state index contributed by atoms with van der Waals surface area (Å²) in [7, 11) is -9.91. The van der Waals surface area contributed by atoms with E-state index >= 15 is 0 Å². The molecule has 0 aromatic rings. The zero-order valence-corrected chi connectivity index (χ0v) is 62.7. The van der Waals surface area contributed by atoms with E-state index < -0.39 is 97.5 Å². The molecule has 0 saturated heterocycles. The summed E-state index contributed by atoms with van der Waals surface area (Å²) in [5.74, 6) is 0.876. The topological polar surface area (TPSA) is 237 Å². The highest BCUT2D eigenvalue weighted by Crippen LogP contribution is 2.45. The maximum atomic E-state index is 13.0. The second kappa shape index (κ2) is 63.5. The summed E-state index contributed by atoms with van der Waals surface area (Å²) in [6.07, 6.45) is 47.3. The molecule has 0 bridgehead atoms. The lowest BCUT2D eigenvalue weighted by Crippen LogP contribution is -2.30. The summed E-state index contributed by atoms with van der Waals surface area (Å²) < 4.78 is 68.4. The van der Waals surface area contributed by atoms with Crippen molar-refractivity contribution in [1.82, 2.24) is 0 Å². The van der Waals surface area contributed by atoms with Gasteiger partial charge in [-0.2, -0.15) is 0 Å². The Bertz CT molecular complexity index is 1830. The SMILES string of the molecule is CC(C)CCCCCCCCCCCCCCCC(=O)OC[C@H](COP(=O)(O)OCC(O)COP(=O)(O)OC[C@@H](COC(=O)CCCCCCCCCC(C)C)OC(=O)CCCCCCCCCCCCCCCC(C)C)OC(=O)CCCCCCCCCCC(C)C. The summed E-state index contributed by atoms with van der Waals surface area (Å²) in [5.41, 5.74) is 0. The molecule has 0 fully saturated rings. The van der Waals surface area contributed by atoms with E-state index in [9.17, 15) is 43.2 Å². The fourth-order valence-corrected chi connectivity index (χ4v) is 12.8. The minimum atomic E-state index is -4.95. The van der Waals surface area contributed by atoms with Gasteiger partial charge in [0.15, 0.2) is 12.2 Å². The molecule has 0 aromatic carbocycles. The number of carbonyl (C=O) groups is 4. The lowest BCUT2D eigenvalue weighted by molar-refractivity contribution is -0.161. The second-order valence-electron chi connectivity index (χ2n) is 28.6. The number of hydrogen-bond acceptors (Lipinski definition) is 15. The Morgan fingerprint density at radius 2 is 0.452 bits per heavy atom. The second-order valence-corrected chi connectivity index (χ2v) is 31.5. The molecule has 552 valence electrons. The van der Waals surface area contributed by atoms with Crippen molar-refractivity contribution in [3.8, 4) is 0 Å². The Morgan fingerprint density at radius 3 is 0.667 bits per heavy atom. The number of phosphoric ester groups is 2. The van der Waals surface area contributed by atoms with E-state index in [0.717, 1.165) is 114 Å². The third-order valence-electron chi connectivity index (χ3n) is 17.1. The van der Waals surface area contributed by atoms with Crippen molar-refractivity contribution in [1.29, 1.82) is 0 Å². The third kappa shape index (κ3) is 68.4. The zero-order chi connectivity index (χ0) is 68.9. The molecule has 0 aliphatic rings. The van der Waals surface area contributed by atoms with E-state index in [2.05, 4.69) is 55.4 Å². The van der Waals surface area contributed by atoms with Crippen molar-refractivity contribution < 1.29 is 80.2 Å². The number of carbonyl (C=O) groups excluding carboxylic acids is 4. The van der Waals surface area contributed by atoms with Gasteiger partial charge in [-0.1, -0.05) is 319 Å². The molecule has 3 N–H and O–H groups in total. The maximum absolute atomic E-state index is 13.0. The first-order valence-corrected chi connectivity index (χ1v) is 41.2. The van der Waals surface area contributed by atoms with Crippen molar-refractivity contribution in [2.45, 2.75) is 388 Å². The lowest BCUT2D eigenvalue weighted by atomic mass is 10.0. The molecule has 17 nitrogen and oxygen atoms in total. The number of ether oxygens (including phenoxy) is 4. The Hall–Kier alpha value is -1.94. The summed E-state index contributed by atoms with van der Waals surface area (Å²) in [6, 6.07) is 0. The van der Waals surface area contributed by atoms with Crippen molar-refractivity contribution >= 4 is 39.5 Å². The number of rotatable bonds is 71. The molecule has 0 saturated carbocycles. The maximum Gasteiger partial charge on any atom is 0.472 e. The van der Waals surface area contributed by atoms with Crippen LogP contribution in [0.4, 0.5) is 0 Å². The standard InChI is InChI=1S/C74H144O17P2/c1-64(2)50-42-34-26-19-15-11-9-13-17-21-30-38-46-54-71(76)84-60-69(91-74(79)57-49-41-32-24-23-28-36-44-52-66(5)6)62-88-92(80,81)86-58-68(75)59-87-93(82,83)89-63-70(61-85-72(77)55-47-39-33-25-29-37-45-53-67(7)8)90-73(78)56-48-40-31-22-18-14-10-12-16-20-27-35-43-51-65(3)4/h64-70,75H,9-63H2,1-8H3,(H,80,81)(H,82,83)/t68?,69-,70-/m1/s1. The predicted molar refractivity (Wildman–Crippen MR) is 377 cm³/mol. The predicted octanol–water partition coefficient (Wildman–Crippen LogP) is 21.3. The zero-order valence-electron chi connectivity index (χ0n) is 60.9. The monoisotopic (exact) mass is 1370 g/mol. The third-order valence-corrected chi connectivity index (χ3v) is 19.0. The Labute approximate surface area is 568 Å². The van der Waals surface area contributed by atoms with Crippen LogP contribution in [0.2, 0.25) is 0 Å². The summed E-state index contributed by atoms with van der Waals surface area (Å²) >= 11 is 0. The smallest absolute Gasteiger partial charge is 0.462 e. The molecule has 0 aromatic heterocycles. The van der Waals surface area contributed by atoms with Crippen LogP contribution in [0.15, 0.2) is 0 Å². The highest BCUT2D eigenvalue weighted by Gasteiger charge is 2.30. The van der Waals surface area contributed by atoms with Gasteiger partial charge >= 0.3 is 39.5 Å². The molecule has 3 unspecified atom stereocenters. The van der Waals surface area contributed by atoms with Gasteiger partial charge in [-0.15, -0.1) is 0 Å². The van der Waals surface area contributed by atoms with Crippen LogP contribution in [0.3, 0.4) is 0 Å². The van der Waals surface area contributed by atoms with Crippen molar-refractivity contribution in [2.24, 2.45) is 23.7 Å². The van der Waals surface area contributed by atoms with Crippen LogP contribution in [0, 0.1) is 23.7 Å². The number of aliphatic hydroxyl groups is 1. The number of phosphoric acid groups is 2. The molecule has 0 spiro atoms. The fourth-order valence-electron chi connectivity index (χ4n) is 11.2. The van der Waals surface area contributed by atoms with Crippen molar-refractivity contribution in [2.75, 3.05) is 39.6 Å². The Balaban J connectivity index is 5.22. The first-order valence-electron chi connectivity index (χ1n) is 38.2. The van der Waals surface area contributed by atoms with E-state index in [-0.39, 0.29) is 25.7 Å². The van der Waals surface area contributed by atoms with E-state index in [1.54, 1.807) is 0 Å². The average Bonchev–Trinajstić information content (AvgIpc) is 3.49. The van der Waals surface area contributed by atoms with Crippen LogP contribution in [0.25, 0.3) is 0 Å². The van der Waals surface area contributed by atoms with Crippen molar-refractivity contribution in [3.05, 3.63) is 0 Å². The Morgan fingerprint density at radius 1 is 0.269 bits per heavy atom. The highest BCUT2D eigenvalue weighted by atomic mass is 31.2. The normalized spacial score (nSPS) is 14.2. The minimum Gasteiger partial charge on any atom is -0.462 e. The Kier molecular flexibility index (Phi) is 62.2. The quantitative estimate of drug-likeness (QED) is 0.0222. The fraction of sp³-hybridized carbons (Fsp3) is 0.946. The molecule has 5 atom stereocenters. The van der Waals surface area contributed by atoms with Gasteiger partial charge in [0.2, 0.25) is 0 Å². The van der Waals surface area contributed by atoms with Crippen LogP contribution in [-0.4, -0.2) is 96.7 Å². The highest BCUT2D eigenvalue weighted by molar-refractivity contribution is 7.47. The van der Waals surface area contributed by atoms with Gasteiger partial charge in [0.05, 0.1) is 26.4 Å². The summed E-state index contributed by atoms with van der Waals surface area (Å²) in [4.78, 5) is 72.7. The largest absolute Gasteiger partial charge is 0.472 e. The summed E-state index contributed by atoms with van der Waals surface area (Å²) in [5, 5.41) is 10.6. The first-order chi connectivity index (χ1) is 44.6. The van der Waals surface area contributed by atoms with Crippen LogP contribution in [0.5, 0.6) is 0 Å². The molecule has 0 heterocycles. The molecule has 0 aliphatic carbocycles. The minimum absolute atomic E-state index is 0.104. The van der Waals surface area contributed by atoms with Gasteiger partial charge in [-0.3, -0.25) is 37.3 Å². The first kappa shape index (κ1) is 91.1. The van der Waals surface area contributed by atoms with Gasteiger partial charge in [0.25, 0.3) is 0 Å². The molecule has 0 aliphatic heterocycles. The molecular formula is C74H144O17P2. The molecule has 19 heteroatoms.